The number of rotatable bonds is 5. The topological polar surface area (TPSA) is 78.9 Å². The molecule has 0 aromatic carbocycles. The normalized spacial score (nSPS) is 19.9. The van der Waals surface area contributed by atoms with E-state index in [0.717, 1.165) is 6.42 Å². The standard InChI is InChI=1S/C12H22N2O4/c1-4-18-12(2,3)8-13-11(17)14-7-5-6-9(14)10(15)16/h9H,4-8H2,1-3H3,(H,13,17)(H,15,16)/t9-/m1/s1. The Labute approximate surface area is 107 Å². The van der Waals surface area contributed by atoms with E-state index < -0.39 is 17.6 Å². The van der Waals surface area contributed by atoms with Gasteiger partial charge in [0.25, 0.3) is 0 Å². The van der Waals surface area contributed by atoms with E-state index in [1.807, 2.05) is 20.8 Å². The summed E-state index contributed by atoms with van der Waals surface area (Å²) in [5.41, 5.74) is -0.442. The van der Waals surface area contributed by atoms with Crippen molar-refractivity contribution in [3.05, 3.63) is 0 Å². The van der Waals surface area contributed by atoms with Gasteiger partial charge in [0.1, 0.15) is 6.04 Å². The van der Waals surface area contributed by atoms with Crippen LogP contribution in [0.3, 0.4) is 0 Å². The Morgan fingerprint density at radius 2 is 2.17 bits per heavy atom. The highest BCUT2D eigenvalue weighted by atomic mass is 16.5. The number of carboxylic acids is 1. The Morgan fingerprint density at radius 1 is 1.50 bits per heavy atom. The molecule has 0 radical (unpaired) electrons. The van der Waals surface area contributed by atoms with Crippen molar-refractivity contribution in [2.24, 2.45) is 0 Å². The van der Waals surface area contributed by atoms with Crippen LogP contribution in [0.5, 0.6) is 0 Å². The second-order valence-corrected chi connectivity index (χ2v) is 5.04. The first-order chi connectivity index (χ1) is 8.37. The van der Waals surface area contributed by atoms with Crippen molar-refractivity contribution in [3.63, 3.8) is 0 Å². The number of aliphatic carboxylic acids is 1. The number of urea groups is 1. The lowest BCUT2D eigenvalue weighted by Gasteiger charge is -2.27. The van der Waals surface area contributed by atoms with Crippen molar-refractivity contribution < 1.29 is 19.4 Å². The average Bonchev–Trinajstić information content (AvgIpc) is 2.74. The maximum absolute atomic E-state index is 11.9. The zero-order valence-electron chi connectivity index (χ0n) is 11.2. The Morgan fingerprint density at radius 3 is 2.72 bits per heavy atom. The van der Waals surface area contributed by atoms with E-state index in [1.54, 1.807) is 0 Å². The minimum absolute atomic E-state index is 0.326. The van der Waals surface area contributed by atoms with Crippen LogP contribution in [-0.2, 0) is 9.53 Å². The first-order valence-corrected chi connectivity index (χ1v) is 6.28. The lowest BCUT2D eigenvalue weighted by molar-refractivity contribution is -0.141. The summed E-state index contributed by atoms with van der Waals surface area (Å²) in [5, 5.41) is 11.7. The number of hydrogen-bond acceptors (Lipinski definition) is 3. The Balaban J connectivity index is 2.48. The van der Waals surface area contributed by atoms with E-state index in [0.29, 0.717) is 26.1 Å². The van der Waals surface area contributed by atoms with Gasteiger partial charge in [-0.15, -0.1) is 0 Å². The monoisotopic (exact) mass is 258 g/mol. The Hall–Kier alpha value is -1.30. The van der Waals surface area contributed by atoms with Gasteiger partial charge in [-0.3, -0.25) is 0 Å². The average molecular weight is 258 g/mol. The highest BCUT2D eigenvalue weighted by Gasteiger charge is 2.34. The number of likely N-dealkylation sites (tertiary alicyclic amines) is 1. The Kier molecular flexibility index (Phi) is 4.95. The van der Waals surface area contributed by atoms with Crippen LogP contribution in [0.1, 0.15) is 33.6 Å². The molecule has 1 fully saturated rings. The van der Waals surface area contributed by atoms with Crippen LogP contribution in [0.25, 0.3) is 0 Å². The molecule has 2 amide bonds. The van der Waals surface area contributed by atoms with Gasteiger partial charge in [-0.05, 0) is 33.6 Å². The fourth-order valence-corrected chi connectivity index (χ4v) is 2.10. The predicted octanol–water partition coefficient (Wildman–Crippen LogP) is 1.06. The van der Waals surface area contributed by atoms with E-state index in [1.165, 1.54) is 4.90 Å². The van der Waals surface area contributed by atoms with Gasteiger partial charge in [0, 0.05) is 19.7 Å². The molecule has 6 nitrogen and oxygen atoms in total. The lowest BCUT2D eigenvalue weighted by Crippen LogP contribution is -2.49. The molecule has 1 atom stereocenters. The third-order valence-corrected chi connectivity index (χ3v) is 3.00. The molecule has 0 aromatic rings. The highest BCUT2D eigenvalue weighted by molar-refractivity contribution is 5.83. The predicted molar refractivity (Wildman–Crippen MR) is 66.5 cm³/mol. The van der Waals surface area contributed by atoms with Gasteiger partial charge < -0.3 is 20.1 Å². The second kappa shape index (κ2) is 6.04. The highest BCUT2D eigenvalue weighted by Crippen LogP contribution is 2.17. The third-order valence-electron chi connectivity index (χ3n) is 3.00. The molecule has 1 saturated heterocycles. The third kappa shape index (κ3) is 3.87. The van der Waals surface area contributed by atoms with Gasteiger partial charge in [0.15, 0.2) is 0 Å². The maximum Gasteiger partial charge on any atom is 0.326 e. The number of ether oxygens (including phenoxy) is 1. The largest absolute Gasteiger partial charge is 0.480 e. The van der Waals surface area contributed by atoms with Gasteiger partial charge in [-0.25, -0.2) is 9.59 Å². The van der Waals surface area contributed by atoms with Gasteiger partial charge in [-0.2, -0.15) is 0 Å². The first kappa shape index (κ1) is 14.8. The summed E-state index contributed by atoms with van der Waals surface area (Å²) >= 11 is 0. The minimum atomic E-state index is -0.938. The summed E-state index contributed by atoms with van der Waals surface area (Å²) in [6, 6.07) is -1.02. The number of carboxylic acid groups (broad SMARTS) is 1. The molecule has 104 valence electrons. The van der Waals surface area contributed by atoms with Crippen LogP contribution in [0.15, 0.2) is 0 Å². The van der Waals surface area contributed by atoms with E-state index in [-0.39, 0.29) is 6.03 Å². The molecule has 0 spiro atoms. The van der Waals surface area contributed by atoms with Crippen molar-refractivity contribution in [2.75, 3.05) is 19.7 Å². The van der Waals surface area contributed by atoms with Crippen LogP contribution >= 0.6 is 0 Å². The quantitative estimate of drug-likeness (QED) is 0.773. The zero-order chi connectivity index (χ0) is 13.8. The van der Waals surface area contributed by atoms with Crippen LogP contribution in [-0.4, -0.2) is 53.3 Å². The van der Waals surface area contributed by atoms with Crippen molar-refractivity contribution in [2.45, 2.75) is 45.3 Å². The molecular weight excluding hydrogens is 236 g/mol. The SMILES string of the molecule is CCOC(C)(C)CNC(=O)N1CCC[C@@H]1C(=O)O. The number of amides is 2. The summed E-state index contributed by atoms with van der Waals surface area (Å²) in [7, 11) is 0. The van der Waals surface area contributed by atoms with Crippen LogP contribution in [0.2, 0.25) is 0 Å². The van der Waals surface area contributed by atoms with Gasteiger partial charge in [0.05, 0.1) is 5.60 Å². The van der Waals surface area contributed by atoms with Gasteiger partial charge >= 0.3 is 12.0 Å². The molecule has 0 aliphatic carbocycles. The smallest absolute Gasteiger partial charge is 0.326 e. The molecule has 18 heavy (non-hydrogen) atoms. The summed E-state index contributed by atoms with van der Waals surface area (Å²) < 4.78 is 5.47. The molecule has 1 rings (SSSR count). The summed E-state index contributed by atoms with van der Waals surface area (Å²) in [4.78, 5) is 24.3. The number of hydrogen-bond donors (Lipinski definition) is 2. The fraction of sp³-hybridized carbons (Fsp3) is 0.833. The second-order valence-electron chi connectivity index (χ2n) is 5.04. The van der Waals surface area contributed by atoms with E-state index in [4.69, 9.17) is 9.84 Å². The van der Waals surface area contributed by atoms with Crippen molar-refractivity contribution in [3.8, 4) is 0 Å². The van der Waals surface area contributed by atoms with E-state index in [2.05, 4.69) is 5.32 Å². The molecule has 2 N–H and O–H groups in total. The molecule has 0 aromatic heterocycles. The van der Waals surface area contributed by atoms with E-state index in [9.17, 15) is 9.59 Å². The van der Waals surface area contributed by atoms with Gasteiger partial charge in [-0.1, -0.05) is 0 Å². The van der Waals surface area contributed by atoms with Crippen molar-refractivity contribution in [1.29, 1.82) is 0 Å². The summed E-state index contributed by atoms with van der Waals surface area (Å²) in [6.45, 7) is 7.10. The molecule has 1 aliphatic rings. The fourth-order valence-electron chi connectivity index (χ4n) is 2.10. The Bertz CT molecular complexity index is 317. The zero-order valence-corrected chi connectivity index (χ0v) is 11.2. The number of nitrogens with zero attached hydrogens (tertiary/aromatic N) is 1. The van der Waals surface area contributed by atoms with Crippen LogP contribution < -0.4 is 5.32 Å². The number of nitrogens with one attached hydrogen (secondary N) is 1. The molecule has 1 heterocycles. The number of carbonyl (C=O) groups excluding carboxylic acids is 1. The van der Waals surface area contributed by atoms with Crippen molar-refractivity contribution in [1.82, 2.24) is 10.2 Å². The van der Waals surface area contributed by atoms with Crippen LogP contribution in [0, 0.1) is 0 Å². The lowest BCUT2D eigenvalue weighted by atomic mass is 10.1. The molecule has 1 aliphatic heterocycles. The molecule has 0 unspecified atom stereocenters. The first-order valence-electron chi connectivity index (χ1n) is 6.28. The van der Waals surface area contributed by atoms with E-state index >= 15 is 0 Å². The summed E-state index contributed by atoms with van der Waals surface area (Å²) in [6.07, 6.45) is 1.26. The molecule has 0 saturated carbocycles. The van der Waals surface area contributed by atoms with Crippen molar-refractivity contribution >= 4 is 12.0 Å². The minimum Gasteiger partial charge on any atom is -0.480 e. The number of carbonyl (C=O) groups is 2. The molecule has 0 bridgehead atoms. The molecule has 6 heteroatoms. The van der Waals surface area contributed by atoms with Gasteiger partial charge in [0.2, 0.25) is 0 Å². The maximum atomic E-state index is 11.9. The molecular formula is C12H22N2O4. The summed E-state index contributed by atoms with van der Waals surface area (Å²) in [5.74, 6) is -0.938. The van der Waals surface area contributed by atoms with Crippen LogP contribution in [0.4, 0.5) is 4.79 Å².